The third-order valence-corrected chi connectivity index (χ3v) is 5.14. The highest BCUT2D eigenvalue weighted by molar-refractivity contribution is 5.85. The van der Waals surface area contributed by atoms with Gasteiger partial charge in [0.25, 0.3) is 0 Å². The van der Waals surface area contributed by atoms with E-state index in [1.807, 2.05) is 0 Å². The molecule has 0 aromatic heterocycles. The fraction of sp³-hybridized carbons (Fsp3) is 0.929. The molecule has 0 aromatic carbocycles. The predicted molar refractivity (Wildman–Crippen MR) is 76.8 cm³/mol. The van der Waals surface area contributed by atoms with Crippen molar-refractivity contribution in [1.29, 1.82) is 0 Å². The highest BCUT2D eigenvalue weighted by atomic mass is 35.5. The van der Waals surface area contributed by atoms with Gasteiger partial charge in [-0.25, -0.2) is 0 Å². The van der Waals surface area contributed by atoms with E-state index < -0.39 is 0 Å². The van der Waals surface area contributed by atoms with Gasteiger partial charge in [-0.3, -0.25) is 4.79 Å². The van der Waals surface area contributed by atoms with E-state index in [0.29, 0.717) is 11.3 Å². The van der Waals surface area contributed by atoms with Crippen LogP contribution >= 0.6 is 12.4 Å². The molecule has 1 saturated carbocycles. The summed E-state index contributed by atoms with van der Waals surface area (Å²) in [6, 6.07) is 0.112. The second-order valence-electron chi connectivity index (χ2n) is 5.92. The molecule has 1 aliphatic heterocycles. The van der Waals surface area contributed by atoms with Crippen molar-refractivity contribution in [3.05, 3.63) is 0 Å². The van der Waals surface area contributed by atoms with Gasteiger partial charge in [0.1, 0.15) is 0 Å². The monoisotopic (exact) mass is 274 g/mol. The van der Waals surface area contributed by atoms with Crippen LogP contribution in [0.5, 0.6) is 0 Å². The van der Waals surface area contributed by atoms with E-state index in [1.54, 1.807) is 0 Å². The smallest absolute Gasteiger partial charge is 0.227 e. The summed E-state index contributed by atoms with van der Waals surface area (Å²) in [6.45, 7) is 6.41. The summed E-state index contributed by atoms with van der Waals surface area (Å²) < 4.78 is 0. The Bertz CT molecular complexity index is 292. The fourth-order valence-electron chi connectivity index (χ4n) is 3.48. The molecule has 2 fully saturated rings. The molecule has 2 N–H and O–H groups in total. The summed E-state index contributed by atoms with van der Waals surface area (Å²) in [5.41, 5.74) is 6.42. The van der Waals surface area contributed by atoms with Crippen LogP contribution in [-0.4, -0.2) is 29.9 Å². The van der Waals surface area contributed by atoms with Crippen LogP contribution in [0, 0.1) is 11.3 Å². The molecule has 1 amide bonds. The van der Waals surface area contributed by atoms with Crippen LogP contribution in [-0.2, 0) is 4.79 Å². The zero-order valence-electron chi connectivity index (χ0n) is 11.7. The Morgan fingerprint density at radius 3 is 2.44 bits per heavy atom. The molecule has 106 valence electrons. The first-order valence-electron chi connectivity index (χ1n) is 7.16. The molecule has 0 radical (unpaired) electrons. The van der Waals surface area contributed by atoms with Gasteiger partial charge in [-0.05, 0) is 37.5 Å². The standard InChI is InChI=1S/C14H26N2O.ClH/c1-3-14(4-2)8-9-16(10-14)13(17)11-6-5-7-12(11)15;/h11-12H,3-10,15H2,1-2H3;1H. The molecule has 2 rings (SSSR count). The van der Waals surface area contributed by atoms with E-state index in [2.05, 4.69) is 18.7 Å². The lowest BCUT2D eigenvalue weighted by Crippen LogP contribution is -2.41. The second kappa shape index (κ2) is 6.25. The van der Waals surface area contributed by atoms with Crippen LogP contribution in [0.3, 0.4) is 0 Å². The van der Waals surface area contributed by atoms with Crippen molar-refractivity contribution in [2.24, 2.45) is 17.1 Å². The molecule has 0 bridgehead atoms. The van der Waals surface area contributed by atoms with Crippen molar-refractivity contribution in [1.82, 2.24) is 4.90 Å². The molecule has 0 aromatic rings. The number of amides is 1. The van der Waals surface area contributed by atoms with Crippen molar-refractivity contribution in [3.63, 3.8) is 0 Å². The molecule has 0 spiro atoms. The van der Waals surface area contributed by atoms with E-state index in [9.17, 15) is 4.79 Å². The molecule has 2 atom stereocenters. The van der Waals surface area contributed by atoms with Gasteiger partial charge >= 0.3 is 0 Å². The van der Waals surface area contributed by atoms with E-state index in [4.69, 9.17) is 5.73 Å². The molecule has 2 aliphatic rings. The van der Waals surface area contributed by atoms with Crippen LogP contribution in [0.1, 0.15) is 52.4 Å². The third-order valence-electron chi connectivity index (χ3n) is 5.14. The minimum atomic E-state index is 0. The molecule has 1 saturated heterocycles. The normalized spacial score (nSPS) is 30.3. The maximum atomic E-state index is 12.4. The van der Waals surface area contributed by atoms with Crippen molar-refractivity contribution < 1.29 is 4.79 Å². The van der Waals surface area contributed by atoms with Crippen LogP contribution < -0.4 is 5.73 Å². The molecule has 1 aliphatic carbocycles. The summed E-state index contributed by atoms with van der Waals surface area (Å²) in [6.07, 6.45) is 6.69. The highest BCUT2D eigenvalue weighted by Gasteiger charge is 2.41. The first-order valence-corrected chi connectivity index (χ1v) is 7.16. The van der Waals surface area contributed by atoms with E-state index in [1.165, 1.54) is 19.3 Å². The summed E-state index contributed by atoms with van der Waals surface area (Å²) in [5.74, 6) is 0.443. The van der Waals surface area contributed by atoms with Gasteiger partial charge < -0.3 is 10.6 Å². The summed E-state index contributed by atoms with van der Waals surface area (Å²) >= 11 is 0. The summed E-state index contributed by atoms with van der Waals surface area (Å²) in [4.78, 5) is 14.5. The van der Waals surface area contributed by atoms with Crippen LogP contribution in [0.4, 0.5) is 0 Å². The predicted octanol–water partition coefficient (Wildman–Crippen LogP) is 2.57. The molecule has 4 heteroatoms. The highest BCUT2D eigenvalue weighted by Crippen LogP contribution is 2.38. The van der Waals surface area contributed by atoms with Gasteiger partial charge in [-0.1, -0.05) is 20.3 Å². The first-order chi connectivity index (χ1) is 8.12. The number of carbonyl (C=O) groups excluding carboxylic acids is 1. The fourth-order valence-corrected chi connectivity index (χ4v) is 3.48. The maximum Gasteiger partial charge on any atom is 0.227 e. The van der Waals surface area contributed by atoms with Gasteiger partial charge in [0.05, 0.1) is 5.92 Å². The zero-order chi connectivity index (χ0) is 12.5. The Hall–Kier alpha value is -0.280. The number of carbonyl (C=O) groups is 1. The van der Waals surface area contributed by atoms with Gasteiger partial charge in [-0.15, -0.1) is 12.4 Å². The number of halogens is 1. The van der Waals surface area contributed by atoms with E-state index in [0.717, 1.165) is 32.4 Å². The zero-order valence-corrected chi connectivity index (χ0v) is 12.5. The summed E-state index contributed by atoms with van der Waals surface area (Å²) in [7, 11) is 0. The molecule has 2 unspecified atom stereocenters. The lowest BCUT2D eigenvalue weighted by atomic mass is 9.82. The number of likely N-dealkylation sites (tertiary alicyclic amines) is 1. The van der Waals surface area contributed by atoms with Crippen LogP contribution in [0.25, 0.3) is 0 Å². The van der Waals surface area contributed by atoms with Crippen molar-refractivity contribution in [3.8, 4) is 0 Å². The average molecular weight is 275 g/mol. The van der Waals surface area contributed by atoms with Crippen molar-refractivity contribution in [2.45, 2.75) is 58.4 Å². The Morgan fingerprint density at radius 1 is 1.33 bits per heavy atom. The van der Waals surface area contributed by atoms with Crippen LogP contribution in [0.2, 0.25) is 0 Å². The van der Waals surface area contributed by atoms with Crippen molar-refractivity contribution >= 4 is 18.3 Å². The largest absolute Gasteiger partial charge is 0.342 e. The number of nitrogens with two attached hydrogens (primary N) is 1. The minimum absolute atomic E-state index is 0. The van der Waals surface area contributed by atoms with Gasteiger partial charge in [-0.2, -0.15) is 0 Å². The molecule has 3 nitrogen and oxygen atoms in total. The number of hydrogen-bond acceptors (Lipinski definition) is 2. The van der Waals surface area contributed by atoms with Gasteiger partial charge in [0.15, 0.2) is 0 Å². The second-order valence-corrected chi connectivity index (χ2v) is 5.92. The Labute approximate surface area is 117 Å². The minimum Gasteiger partial charge on any atom is -0.342 e. The Morgan fingerprint density at radius 2 is 2.00 bits per heavy atom. The quantitative estimate of drug-likeness (QED) is 0.860. The van der Waals surface area contributed by atoms with Gasteiger partial charge in [0.2, 0.25) is 5.91 Å². The lowest BCUT2D eigenvalue weighted by molar-refractivity contribution is -0.135. The molecule has 1 heterocycles. The maximum absolute atomic E-state index is 12.4. The number of nitrogens with zero attached hydrogens (tertiary/aromatic N) is 1. The number of hydrogen-bond donors (Lipinski definition) is 1. The average Bonchev–Trinajstić information content (AvgIpc) is 2.95. The van der Waals surface area contributed by atoms with Crippen molar-refractivity contribution in [2.75, 3.05) is 13.1 Å². The Kier molecular flexibility index (Phi) is 5.47. The lowest BCUT2D eigenvalue weighted by Gasteiger charge is -2.28. The van der Waals surface area contributed by atoms with E-state index in [-0.39, 0.29) is 24.4 Å². The molecule has 18 heavy (non-hydrogen) atoms. The third kappa shape index (κ3) is 2.83. The summed E-state index contributed by atoms with van der Waals surface area (Å²) in [5, 5.41) is 0. The molecular formula is C14H27ClN2O. The topological polar surface area (TPSA) is 46.3 Å². The van der Waals surface area contributed by atoms with E-state index >= 15 is 0 Å². The Balaban J connectivity index is 0.00000162. The number of rotatable bonds is 3. The molecular weight excluding hydrogens is 248 g/mol. The SMILES string of the molecule is CCC1(CC)CCN(C(=O)C2CCCC2N)C1.Cl. The van der Waals surface area contributed by atoms with Crippen LogP contribution in [0.15, 0.2) is 0 Å². The van der Waals surface area contributed by atoms with Gasteiger partial charge in [0, 0.05) is 19.1 Å². The first kappa shape index (κ1) is 15.8.